The van der Waals surface area contributed by atoms with E-state index in [9.17, 15) is 0 Å². The first-order valence-electron chi connectivity index (χ1n) is 9.10. The van der Waals surface area contributed by atoms with Crippen LogP contribution in [0.4, 0.5) is 0 Å². The zero-order chi connectivity index (χ0) is 18.4. The predicted molar refractivity (Wildman–Crippen MR) is 115 cm³/mol. The summed E-state index contributed by atoms with van der Waals surface area (Å²) in [4.78, 5) is 9.66. The first-order valence-corrected chi connectivity index (χ1v) is 9.10. The smallest absolute Gasteiger partial charge is 0.194 e. The van der Waals surface area contributed by atoms with Crippen molar-refractivity contribution in [3.8, 4) is 0 Å². The third-order valence-corrected chi connectivity index (χ3v) is 4.84. The fourth-order valence-electron chi connectivity index (χ4n) is 3.33. The first-order chi connectivity index (χ1) is 12.0. The molecule has 0 radical (unpaired) electrons. The van der Waals surface area contributed by atoms with E-state index in [0.29, 0.717) is 18.6 Å². The van der Waals surface area contributed by atoms with Gasteiger partial charge in [0.15, 0.2) is 11.8 Å². The van der Waals surface area contributed by atoms with Gasteiger partial charge in [0, 0.05) is 52.4 Å². The zero-order valence-electron chi connectivity index (χ0n) is 16.9. The minimum atomic E-state index is 0. The zero-order valence-corrected chi connectivity index (χ0v) is 19.2. The van der Waals surface area contributed by atoms with Gasteiger partial charge in [0.1, 0.15) is 12.4 Å². The second-order valence-electron chi connectivity index (χ2n) is 6.73. The second-order valence-corrected chi connectivity index (χ2v) is 6.73. The van der Waals surface area contributed by atoms with Crippen molar-refractivity contribution in [2.75, 3.05) is 39.9 Å². The van der Waals surface area contributed by atoms with Crippen molar-refractivity contribution in [2.45, 2.75) is 46.3 Å². The van der Waals surface area contributed by atoms with Crippen LogP contribution in [0, 0.1) is 6.92 Å². The van der Waals surface area contributed by atoms with Crippen molar-refractivity contribution in [2.24, 2.45) is 12.0 Å². The number of aryl methyl sites for hydroxylation is 1. The lowest BCUT2D eigenvalue weighted by molar-refractivity contribution is 0.0443. The molecule has 2 rings (SSSR count). The number of piperazine rings is 1. The Morgan fingerprint density at radius 1 is 1.27 bits per heavy atom. The Morgan fingerprint density at radius 2 is 1.92 bits per heavy atom. The number of ether oxygens (including phenoxy) is 1. The number of nitrogens with one attached hydrogen (secondary N) is 1. The standard InChI is InChI=1S/C17H33N7O.HI/c1-7-18-17(19-10-16-21-20-15(4)22(16)5)23-11-13(2)24(8-9-25-6)14(3)12-23;/h13-14H,7-12H2,1-6H3,(H,18,19);1H. The molecule has 9 heteroatoms. The highest BCUT2D eigenvalue weighted by Gasteiger charge is 2.30. The summed E-state index contributed by atoms with van der Waals surface area (Å²) in [6.45, 7) is 13.6. The van der Waals surface area contributed by atoms with E-state index >= 15 is 0 Å². The molecule has 2 atom stereocenters. The number of rotatable bonds is 6. The van der Waals surface area contributed by atoms with Crippen LogP contribution < -0.4 is 5.32 Å². The molecule has 0 bridgehead atoms. The van der Waals surface area contributed by atoms with Gasteiger partial charge in [-0.2, -0.15) is 0 Å². The van der Waals surface area contributed by atoms with Gasteiger partial charge in [-0.15, -0.1) is 34.2 Å². The Morgan fingerprint density at radius 3 is 2.42 bits per heavy atom. The summed E-state index contributed by atoms with van der Waals surface area (Å²) in [5, 5.41) is 11.7. The van der Waals surface area contributed by atoms with Crippen LogP contribution in [-0.2, 0) is 18.3 Å². The fraction of sp³-hybridized carbons (Fsp3) is 0.824. The van der Waals surface area contributed by atoms with Crippen molar-refractivity contribution in [3.63, 3.8) is 0 Å². The molecule has 0 aliphatic carbocycles. The molecule has 150 valence electrons. The van der Waals surface area contributed by atoms with Crippen molar-refractivity contribution >= 4 is 29.9 Å². The molecule has 8 nitrogen and oxygen atoms in total. The Bertz CT molecular complexity index is 565. The van der Waals surface area contributed by atoms with Crippen molar-refractivity contribution in [1.82, 2.24) is 29.9 Å². The van der Waals surface area contributed by atoms with Crippen LogP contribution in [0.2, 0.25) is 0 Å². The number of methoxy groups -OCH3 is 1. The maximum absolute atomic E-state index is 5.25. The van der Waals surface area contributed by atoms with Crippen molar-refractivity contribution < 1.29 is 4.74 Å². The normalized spacial score (nSPS) is 21.6. The Kier molecular flexibility index (Phi) is 9.80. The van der Waals surface area contributed by atoms with E-state index in [-0.39, 0.29) is 24.0 Å². The number of hydrogen-bond donors (Lipinski definition) is 1. The van der Waals surface area contributed by atoms with E-state index in [4.69, 9.17) is 9.73 Å². The highest BCUT2D eigenvalue weighted by atomic mass is 127. The molecule has 1 aromatic heterocycles. The highest BCUT2D eigenvalue weighted by Crippen LogP contribution is 2.16. The SMILES string of the molecule is CCNC(=NCc1nnc(C)n1C)N1CC(C)N(CCOC)C(C)C1.I. The summed E-state index contributed by atoms with van der Waals surface area (Å²) in [7, 11) is 3.74. The van der Waals surface area contributed by atoms with Gasteiger partial charge in [-0.3, -0.25) is 4.90 Å². The van der Waals surface area contributed by atoms with E-state index in [1.807, 2.05) is 18.5 Å². The van der Waals surface area contributed by atoms with Crippen LogP contribution in [0.3, 0.4) is 0 Å². The summed E-state index contributed by atoms with van der Waals surface area (Å²) < 4.78 is 7.24. The third-order valence-electron chi connectivity index (χ3n) is 4.84. The molecule has 0 spiro atoms. The molecular weight excluding hydrogens is 445 g/mol. The highest BCUT2D eigenvalue weighted by molar-refractivity contribution is 14.0. The average Bonchev–Trinajstić information content (AvgIpc) is 2.89. The van der Waals surface area contributed by atoms with Gasteiger partial charge in [0.2, 0.25) is 0 Å². The molecular formula is C17H34IN7O. The lowest BCUT2D eigenvalue weighted by atomic mass is 10.1. The maximum atomic E-state index is 5.25. The summed E-state index contributed by atoms with van der Waals surface area (Å²) in [5.41, 5.74) is 0. The number of aliphatic imine (C=N–C) groups is 1. The van der Waals surface area contributed by atoms with Gasteiger partial charge in [0.05, 0.1) is 6.61 Å². The molecule has 1 fully saturated rings. The minimum absolute atomic E-state index is 0. The van der Waals surface area contributed by atoms with Crippen LogP contribution in [0.15, 0.2) is 4.99 Å². The molecule has 1 aliphatic rings. The molecule has 26 heavy (non-hydrogen) atoms. The largest absolute Gasteiger partial charge is 0.383 e. The van der Waals surface area contributed by atoms with Gasteiger partial charge < -0.3 is 19.5 Å². The lowest BCUT2D eigenvalue weighted by Crippen LogP contribution is -2.60. The maximum Gasteiger partial charge on any atom is 0.194 e. The molecule has 1 aromatic rings. The number of hydrogen-bond acceptors (Lipinski definition) is 5. The fourth-order valence-corrected chi connectivity index (χ4v) is 3.33. The van der Waals surface area contributed by atoms with Crippen LogP contribution in [0.25, 0.3) is 0 Å². The Balaban J connectivity index is 0.00000338. The van der Waals surface area contributed by atoms with Crippen LogP contribution in [0.1, 0.15) is 32.4 Å². The summed E-state index contributed by atoms with van der Waals surface area (Å²) >= 11 is 0. The van der Waals surface area contributed by atoms with Gasteiger partial charge in [-0.25, -0.2) is 4.99 Å². The molecule has 1 aliphatic heterocycles. The first kappa shape index (κ1) is 23.1. The molecule has 0 aromatic carbocycles. The van der Waals surface area contributed by atoms with E-state index in [0.717, 1.165) is 50.4 Å². The van der Waals surface area contributed by atoms with Crippen LogP contribution in [-0.4, -0.2) is 82.5 Å². The van der Waals surface area contributed by atoms with Gasteiger partial charge in [-0.05, 0) is 27.7 Å². The number of guanidine groups is 1. The van der Waals surface area contributed by atoms with E-state index in [1.54, 1.807) is 7.11 Å². The summed E-state index contributed by atoms with van der Waals surface area (Å²) in [6, 6.07) is 0.916. The molecule has 0 amide bonds. The number of nitrogens with zero attached hydrogens (tertiary/aromatic N) is 6. The van der Waals surface area contributed by atoms with Gasteiger partial charge >= 0.3 is 0 Å². The molecule has 2 unspecified atom stereocenters. The molecule has 2 heterocycles. The number of halogens is 1. The topological polar surface area (TPSA) is 70.8 Å². The van der Waals surface area contributed by atoms with Crippen molar-refractivity contribution in [1.29, 1.82) is 0 Å². The minimum Gasteiger partial charge on any atom is -0.383 e. The van der Waals surface area contributed by atoms with E-state index < -0.39 is 0 Å². The predicted octanol–water partition coefficient (Wildman–Crippen LogP) is 1.25. The molecule has 1 N–H and O–H groups in total. The van der Waals surface area contributed by atoms with E-state index in [1.165, 1.54) is 0 Å². The Labute approximate surface area is 174 Å². The van der Waals surface area contributed by atoms with E-state index in [2.05, 4.69) is 46.1 Å². The average molecular weight is 479 g/mol. The Hall–Kier alpha value is -0.940. The number of aromatic nitrogens is 3. The summed E-state index contributed by atoms with van der Waals surface area (Å²) in [6.07, 6.45) is 0. The molecule has 0 saturated carbocycles. The van der Waals surface area contributed by atoms with Gasteiger partial charge in [-0.1, -0.05) is 0 Å². The van der Waals surface area contributed by atoms with Crippen LogP contribution >= 0.6 is 24.0 Å². The van der Waals surface area contributed by atoms with Gasteiger partial charge in [0.25, 0.3) is 0 Å². The quantitative estimate of drug-likeness (QED) is 0.376. The van der Waals surface area contributed by atoms with Crippen LogP contribution in [0.5, 0.6) is 0 Å². The summed E-state index contributed by atoms with van der Waals surface area (Å²) in [5.74, 6) is 2.74. The second kappa shape index (κ2) is 11.0. The molecule has 1 saturated heterocycles. The monoisotopic (exact) mass is 479 g/mol. The lowest BCUT2D eigenvalue weighted by Gasteiger charge is -2.45. The third kappa shape index (κ3) is 5.78. The van der Waals surface area contributed by atoms with Crippen molar-refractivity contribution in [3.05, 3.63) is 11.6 Å².